The first-order valence-corrected chi connectivity index (χ1v) is 5.29. The second kappa shape index (κ2) is 5.58. The zero-order valence-electron chi connectivity index (χ0n) is 9.86. The maximum absolute atomic E-state index is 11.6. The van der Waals surface area contributed by atoms with Gasteiger partial charge in [0.15, 0.2) is 0 Å². The fraction of sp³-hybridized carbons (Fsp3) is 0.545. The molecule has 94 valence electrons. The Bertz CT molecular complexity index is 361. The Morgan fingerprint density at radius 2 is 1.76 bits per heavy atom. The molecule has 0 aliphatic carbocycles. The van der Waals surface area contributed by atoms with Gasteiger partial charge in [0.1, 0.15) is 6.61 Å². The van der Waals surface area contributed by atoms with Crippen molar-refractivity contribution in [2.45, 2.75) is 20.3 Å². The van der Waals surface area contributed by atoms with E-state index in [2.05, 4.69) is 4.74 Å². The number of carbonyl (C=O) groups is 3. The lowest BCUT2D eigenvalue weighted by atomic mass is 10.2. The fourth-order valence-corrected chi connectivity index (χ4v) is 1.46. The number of aliphatic hydroxyl groups excluding tert-OH is 1. The van der Waals surface area contributed by atoms with Crippen LogP contribution in [0.4, 0.5) is 0 Å². The van der Waals surface area contributed by atoms with Crippen LogP contribution in [0.3, 0.4) is 0 Å². The number of ether oxygens (including phenoxy) is 1. The van der Waals surface area contributed by atoms with Gasteiger partial charge in [-0.15, -0.1) is 0 Å². The molecule has 0 saturated heterocycles. The van der Waals surface area contributed by atoms with Crippen LogP contribution < -0.4 is 0 Å². The molecule has 0 spiro atoms. The van der Waals surface area contributed by atoms with Crippen molar-refractivity contribution in [2.75, 3.05) is 19.8 Å². The van der Waals surface area contributed by atoms with Gasteiger partial charge in [0.25, 0.3) is 11.8 Å². The summed E-state index contributed by atoms with van der Waals surface area (Å²) in [6.07, 6.45) is -0.0575. The molecule has 1 heterocycles. The van der Waals surface area contributed by atoms with E-state index in [1.165, 1.54) is 0 Å². The van der Waals surface area contributed by atoms with Gasteiger partial charge >= 0.3 is 5.97 Å². The van der Waals surface area contributed by atoms with Crippen molar-refractivity contribution >= 4 is 17.8 Å². The zero-order chi connectivity index (χ0) is 13.0. The van der Waals surface area contributed by atoms with Crippen LogP contribution >= 0.6 is 0 Å². The SMILES string of the molecule is CC1=C(C)C(=O)N(CCC(=O)OCCO)C1=O. The van der Waals surface area contributed by atoms with E-state index in [0.717, 1.165) is 4.90 Å². The molecule has 0 unspecified atom stereocenters. The van der Waals surface area contributed by atoms with Gasteiger partial charge in [-0.05, 0) is 13.8 Å². The van der Waals surface area contributed by atoms with Crippen LogP contribution in [-0.2, 0) is 19.1 Å². The van der Waals surface area contributed by atoms with Crippen LogP contribution in [0.2, 0.25) is 0 Å². The van der Waals surface area contributed by atoms with Crippen LogP contribution in [0.25, 0.3) is 0 Å². The number of rotatable bonds is 5. The number of esters is 1. The summed E-state index contributed by atoms with van der Waals surface area (Å²) in [4.78, 5) is 35.4. The maximum atomic E-state index is 11.6. The highest BCUT2D eigenvalue weighted by atomic mass is 16.5. The molecule has 0 aromatic carbocycles. The average molecular weight is 241 g/mol. The smallest absolute Gasteiger partial charge is 0.307 e. The largest absolute Gasteiger partial charge is 0.463 e. The van der Waals surface area contributed by atoms with Crippen LogP contribution in [0, 0.1) is 0 Å². The van der Waals surface area contributed by atoms with E-state index < -0.39 is 5.97 Å². The third-order valence-electron chi connectivity index (χ3n) is 2.59. The molecule has 1 aliphatic rings. The first kappa shape index (κ1) is 13.4. The van der Waals surface area contributed by atoms with Crippen molar-refractivity contribution in [2.24, 2.45) is 0 Å². The molecule has 0 aromatic heterocycles. The second-order valence-corrected chi connectivity index (χ2v) is 3.71. The first-order chi connectivity index (χ1) is 7.99. The number of imide groups is 1. The minimum atomic E-state index is -0.540. The Labute approximate surface area is 98.8 Å². The quantitative estimate of drug-likeness (QED) is 0.524. The first-order valence-electron chi connectivity index (χ1n) is 5.29. The predicted octanol–water partition coefficient (Wildman–Crippen LogP) is -0.383. The van der Waals surface area contributed by atoms with Crippen LogP contribution in [0.5, 0.6) is 0 Å². The zero-order valence-corrected chi connectivity index (χ0v) is 9.86. The minimum Gasteiger partial charge on any atom is -0.463 e. The van der Waals surface area contributed by atoms with Gasteiger partial charge in [0.2, 0.25) is 0 Å². The van der Waals surface area contributed by atoms with Crippen molar-refractivity contribution in [3.63, 3.8) is 0 Å². The van der Waals surface area contributed by atoms with Gasteiger partial charge in [0.05, 0.1) is 13.0 Å². The molecule has 17 heavy (non-hydrogen) atoms. The summed E-state index contributed by atoms with van der Waals surface area (Å²) >= 11 is 0. The van der Waals surface area contributed by atoms with Gasteiger partial charge in [-0.3, -0.25) is 19.3 Å². The molecular formula is C11H15NO5. The molecule has 0 atom stereocenters. The molecule has 2 amide bonds. The van der Waals surface area contributed by atoms with E-state index in [9.17, 15) is 14.4 Å². The summed E-state index contributed by atoms with van der Waals surface area (Å²) in [6.45, 7) is 2.86. The number of carbonyl (C=O) groups excluding carboxylic acids is 3. The van der Waals surface area contributed by atoms with Crippen LogP contribution in [0.1, 0.15) is 20.3 Å². The van der Waals surface area contributed by atoms with Crippen LogP contribution in [-0.4, -0.2) is 47.5 Å². The highest BCUT2D eigenvalue weighted by Gasteiger charge is 2.33. The molecule has 6 nitrogen and oxygen atoms in total. The summed E-state index contributed by atoms with van der Waals surface area (Å²) in [7, 11) is 0. The average Bonchev–Trinajstić information content (AvgIpc) is 2.49. The van der Waals surface area contributed by atoms with Gasteiger partial charge in [-0.25, -0.2) is 0 Å². The standard InChI is InChI=1S/C11H15NO5/c1-7-8(2)11(16)12(10(7)15)4-3-9(14)17-6-5-13/h13H,3-6H2,1-2H3. The number of amides is 2. The Kier molecular flexibility index (Phi) is 4.39. The topological polar surface area (TPSA) is 83.9 Å². The minimum absolute atomic E-state index is 0.0105. The molecule has 1 N–H and O–H groups in total. The van der Waals surface area contributed by atoms with Gasteiger partial charge in [-0.1, -0.05) is 0 Å². The normalized spacial score (nSPS) is 15.8. The molecular weight excluding hydrogens is 226 g/mol. The molecule has 0 bridgehead atoms. The monoisotopic (exact) mass is 241 g/mol. The molecule has 0 saturated carbocycles. The molecule has 0 fully saturated rings. The second-order valence-electron chi connectivity index (χ2n) is 3.71. The highest BCUT2D eigenvalue weighted by molar-refractivity contribution is 6.18. The molecule has 0 aromatic rings. The highest BCUT2D eigenvalue weighted by Crippen LogP contribution is 2.19. The Morgan fingerprint density at radius 1 is 1.24 bits per heavy atom. The van der Waals surface area contributed by atoms with Crippen molar-refractivity contribution in [3.8, 4) is 0 Å². The van der Waals surface area contributed by atoms with Crippen molar-refractivity contribution < 1.29 is 24.2 Å². The van der Waals surface area contributed by atoms with E-state index in [1.807, 2.05) is 0 Å². The summed E-state index contributed by atoms with van der Waals surface area (Å²) in [6, 6.07) is 0. The van der Waals surface area contributed by atoms with Crippen molar-refractivity contribution in [1.29, 1.82) is 0 Å². The molecule has 6 heteroatoms. The summed E-state index contributed by atoms with van der Waals surface area (Å²) < 4.78 is 4.62. The Hall–Kier alpha value is -1.69. The Balaban J connectivity index is 2.47. The molecule has 1 rings (SSSR count). The summed E-state index contributed by atoms with van der Waals surface area (Å²) in [5.41, 5.74) is 0.831. The summed E-state index contributed by atoms with van der Waals surface area (Å²) in [5.74, 6) is -1.26. The van der Waals surface area contributed by atoms with Gasteiger partial charge < -0.3 is 9.84 Å². The lowest BCUT2D eigenvalue weighted by Crippen LogP contribution is -2.33. The van der Waals surface area contributed by atoms with E-state index in [0.29, 0.717) is 11.1 Å². The Morgan fingerprint density at radius 3 is 2.24 bits per heavy atom. The number of nitrogens with zero attached hydrogens (tertiary/aromatic N) is 1. The number of aliphatic hydroxyl groups is 1. The van der Waals surface area contributed by atoms with Crippen molar-refractivity contribution in [3.05, 3.63) is 11.1 Å². The number of hydrogen-bond acceptors (Lipinski definition) is 5. The fourth-order valence-electron chi connectivity index (χ4n) is 1.46. The third kappa shape index (κ3) is 2.91. The predicted molar refractivity (Wildman–Crippen MR) is 57.8 cm³/mol. The van der Waals surface area contributed by atoms with E-state index in [1.54, 1.807) is 13.8 Å². The molecule has 0 radical (unpaired) electrons. The third-order valence-corrected chi connectivity index (χ3v) is 2.59. The lowest BCUT2D eigenvalue weighted by molar-refractivity contribution is -0.146. The van der Waals surface area contributed by atoms with Crippen LogP contribution in [0.15, 0.2) is 11.1 Å². The maximum Gasteiger partial charge on any atom is 0.307 e. The van der Waals surface area contributed by atoms with Gasteiger partial charge in [-0.2, -0.15) is 0 Å². The van der Waals surface area contributed by atoms with Crippen molar-refractivity contribution in [1.82, 2.24) is 4.90 Å². The van der Waals surface area contributed by atoms with E-state index in [4.69, 9.17) is 5.11 Å². The molecule has 1 aliphatic heterocycles. The van der Waals surface area contributed by atoms with Gasteiger partial charge in [0, 0.05) is 17.7 Å². The summed E-state index contributed by atoms with van der Waals surface area (Å²) in [5, 5.41) is 8.45. The van der Waals surface area contributed by atoms with E-state index in [-0.39, 0.29) is 38.0 Å². The lowest BCUT2D eigenvalue weighted by Gasteiger charge is -2.13. The number of hydrogen-bond donors (Lipinski definition) is 1. The van der Waals surface area contributed by atoms with E-state index >= 15 is 0 Å².